The number of hydrogen-bond acceptors (Lipinski definition) is 4. The van der Waals surface area contributed by atoms with E-state index in [2.05, 4.69) is 22.8 Å². The van der Waals surface area contributed by atoms with Gasteiger partial charge in [-0.15, -0.1) is 0 Å². The van der Waals surface area contributed by atoms with Gasteiger partial charge >= 0.3 is 12.1 Å². The Labute approximate surface area is 206 Å². The summed E-state index contributed by atoms with van der Waals surface area (Å²) < 4.78 is 5.65. The van der Waals surface area contributed by atoms with E-state index in [-0.39, 0.29) is 12.5 Å². The molecule has 7 heteroatoms. The molecule has 35 heavy (non-hydrogen) atoms. The molecule has 2 aliphatic rings. The molecule has 2 aliphatic carbocycles. The van der Waals surface area contributed by atoms with Gasteiger partial charge in [-0.05, 0) is 48.4 Å². The lowest BCUT2D eigenvalue weighted by Crippen LogP contribution is -2.64. The summed E-state index contributed by atoms with van der Waals surface area (Å²) in [5.74, 6) is -1.60. The summed E-state index contributed by atoms with van der Waals surface area (Å²) in [6, 6.07) is 16.2. The van der Waals surface area contributed by atoms with Gasteiger partial charge in [0.1, 0.15) is 17.7 Å². The lowest BCUT2D eigenvalue weighted by atomic mass is 9.80. The van der Waals surface area contributed by atoms with Crippen LogP contribution >= 0.6 is 0 Å². The number of amides is 2. The van der Waals surface area contributed by atoms with Crippen LogP contribution in [-0.2, 0) is 14.3 Å². The third kappa shape index (κ3) is 4.90. The molecule has 186 valence electrons. The van der Waals surface area contributed by atoms with Crippen LogP contribution in [-0.4, -0.2) is 40.8 Å². The summed E-state index contributed by atoms with van der Waals surface area (Å²) in [6.07, 6.45) is 3.53. The van der Waals surface area contributed by atoms with Crippen molar-refractivity contribution in [2.24, 2.45) is 0 Å². The third-order valence-corrected chi connectivity index (χ3v) is 7.44. The Morgan fingerprint density at radius 1 is 1.00 bits per heavy atom. The Balaban J connectivity index is 1.45. The number of ether oxygens (including phenoxy) is 1. The second-order valence-electron chi connectivity index (χ2n) is 9.93. The zero-order valence-electron chi connectivity index (χ0n) is 20.4. The molecule has 1 saturated carbocycles. The van der Waals surface area contributed by atoms with Crippen LogP contribution in [0, 0.1) is 0 Å². The quantitative estimate of drug-likeness (QED) is 0.496. The molecule has 0 aromatic heterocycles. The minimum Gasteiger partial charge on any atom is -0.480 e. The summed E-state index contributed by atoms with van der Waals surface area (Å²) in [4.78, 5) is 38.2. The van der Waals surface area contributed by atoms with Crippen LogP contribution in [0.5, 0.6) is 0 Å². The van der Waals surface area contributed by atoms with Crippen molar-refractivity contribution in [3.05, 3.63) is 59.7 Å². The molecule has 1 atom stereocenters. The number of fused-ring (bicyclic) bond motifs is 3. The standard InChI is InChI=1S/C28H34N2O5/c1-3-15-27(2,24(31)29-28(25(32)33)16-9-4-10-17-28)30-26(34)35-18-23-21-13-7-5-11-19(21)20-12-6-8-14-22(20)23/h5-8,11-14,23H,3-4,9-10,15-18H2,1-2H3,(H,29,31)(H,30,34)(H,32,33). The highest BCUT2D eigenvalue weighted by molar-refractivity contribution is 5.94. The van der Waals surface area contributed by atoms with E-state index >= 15 is 0 Å². The molecular weight excluding hydrogens is 444 g/mol. The fraction of sp³-hybridized carbons (Fsp3) is 0.464. The van der Waals surface area contributed by atoms with E-state index in [1.807, 2.05) is 43.3 Å². The SMILES string of the molecule is CCCC(C)(NC(=O)OCC1c2ccccc2-c2ccccc21)C(=O)NC1(C(=O)O)CCCCC1. The van der Waals surface area contributed by atoms with E-state index in [4.69, 9.17) is 4.74 Å². The van der Waals surface area contributed by atoms with Gasteiger partial charge in [0.25, 0.3) is 0 Å². The molecule has 4 rings (SSSR count). The second-order valence-corrected chi connectivity index (χ2v) is 9.93. The molecule has 0 spiro atoms. The maximum Gasteiger partial charge on any atom is 0.408 e. The predicted octanol–water partition coefficient (Wildman–Crippen LogP) is 4.99. The maximum absolute atomic E-state index is 13.3. The van der Waals surface area contributed by atoms with E-state index in [0.717, 1.165) is 41.5 Å². The molecule has 0 radical (unpaired) electrons. The lowest BCUT2D eigenvalue weighted by molar-refractivity contribution is -0.150. The van der Waals surface area contributed by atoms with Crippen molar-refractivity contribution in [3.63, 3.8) is 0 Å². The monoisotopic (exact) mass is 478 g/mol. The zero-order chi connectivity index (χ0) is 25.1. The first-order chi connectivity index (χ1) is 16.8. The smallest absolute Gasteiger partial charge is 0.408 e. The molecule has 2 aromatic carbocycles. The fourth-order valence-electron chi connectivity index (χ4n) is 5.50. The van der Waals surface area contributed by atoms with Crippen LogP contribution in [0.15, 0.2) is 48.5 Å². The molecular formula is C28H34N2O5. The average molecular weight is 479 g/mol. The van der Waals surface area contributed by atoms with Crippen LogP contribution in [0.4, 0.5) is 4.79 Å². The van der Waals surface area contributed by atoms with Crippen molar-refractivity contribution < 1.29 is 24.2 Å². The van der Waals surface area contributed by atoms with Crippen molar-refractivity contribution in [2.75, 3.05) is 6.61 Å². The van der Waals surface area contributed by atoms with Gasteiger partial charge in [-0.25, -0.2) is 9.59 Å². The summed E-state index contributed by atoms with van der Waals surface area (Å²) in [6.45, 7) is 3.69. The zero-order valence-corrected chi connectivity index (χ0v) is 20.4. The summed E-state index contributed by atoms with van der Waals surface area (Å²) in [5.41, 5.74) is 1.93. The molecule has 2 amide bonds. The van der Waals surface area contributed by atoms with Crippen molar-refractivity contribution in [1.29, 1.82) is 0 Å². The topological polar surface area (TPSA) is 105 Å². The van der Waals surface area contributed by atoms with Gasteiger partial charge in [-0.1, -0.05) is 81.1 Å². The van der Waals surface area contributed by atoms with E-state index in [0.29, 0.717) is 25.7 Å². The Hall–Kier alpha value is -3.35. The number of benzene rings is 2. The van der Waals surface area contributed by atoms with Gasteiger partial charge < -0.3 is 20.5 Å². The fourth-order valence-corrected chi connectivity index (χ4v) is 5.50. The molecule has 1 fully saturated rings. The first-order valence-electron chi connectivity index (χ1n) is 12.5. The number of aliphatic carboxylic acids is 1. The van der Waals surface area contributed by atoms with Crippen LogP contribution in [0.2, 0.25) is 0 Å². The van der Waals surface area contributed by atoms with Gasteiger partial charge in [0.2, 0.25) is 5.91 Å². The number of carbonyl (C=O) groups is 3. The summed E-state index contributed by atoms with van der Waals surface area (Å²) >= 11 is 0. The van der Waals surface area contributed by atoms with Gasteiger partial charge in [0, 0.05) is 5.92 Å². The molecule has 0 aliphatic heterocycles. The van der Waals surface area contributed by atoms with Crippen LogP contribution < -0.4 is 10.6 Å². The number of carboxylic acid groups (broad SMARTS) is 1. The van der Waals surface area contributed by atoms with Gasteiger partial charge in [0.05, 0.1) is 0 Å². The average Bonchev–Trinajstić information content (AvgIpc) is 3.17. The lowest BCUT2D eigenvalue weighted by Gasteiger charge is -2.38. The number of nitrogens with one attached hydrogen (secondary N) is 2. The van der Waals surface area contributed by atoms with Crippen LogP contribution in [0.1, 0.15) is 75.8 Å². The molecule has 0 saturated heterocycles. The van der Waals surface area contributed by atoms with Crippen molar-refractivity contribution in [2.45, 2.75) is 75.8 Å². The molecule has 0 bridgehead atoms. The first kappa shape index (κ1) is 24.8. The molecule has 0 heterocycles. The normalized spacial score (nSPS) is 18.0. The number of alkyl carbamates (subject to hydrolysis) is 1. The van der Waals surface area contributed by atoms with Gasteiger partial charge in [-0.2, -0.15) is 0 Å². The summed E-state index contributed by atoms with van der Waals surface area (Å²) in [5, 5.41) is 15.4. The largest absolute Gasteiger partial charge is 0.480 e. The minimum atomic E-state index is -1.28. The highest BCUT2D eigenvalue weighted by Gasteiger charge is 2.45. The number of carboxylic acids is 1. The number of hydrogen-bond donors (Lipinski definition) is 3. The second kappa shape index (κ2) is 10.1. The third-order valence-electron chi connectivity index (χ3n) is 7.44. The molecule has 1 unspecified atom stereocenters. The van der Waals surface area contributed by atoms with Crippen molar-refractivity contribution in [1.82, 2.24) is 10.6 Å². The van der Waals surface area contributed by atoms with Crippen LogP contribution in [0.3, 0.4) is 0 Å². The Morgan fingerprint density at radius 3 is 2.11 bits per heavy atom. The number of carbonyl (C=O) groups excluding carboxylic acids is 2. The maximum atomic E-state index is 13.3. The van der Waals surface area contributed by atoms with Gasteiger partial charge in [0.15, 0.2) is 0 Å². The molecule has 3 N–H and O–H groups in total. The summed E-state index contributed by atoms with van der Waals surface area (Å²) in [7, 11) is 0. The molecule has 7 nitrogen and oxygen atoms in total. The van der Waals surface area contributed by atoms with Crippen LogP contribution in [0.25, 0.3) is 11.1 Å². The molecule has 2 aromatic rings. The highest BCUT2D eigenvalue weighted by atomic mass is 16.5. The van der Waals surface area contributed by atoms with Crippen molar-refractivity contribution in [3.8, 4) is 11.1 Å². The van der Waals surface area contributed by atoms with E-state index in [9.17, 15) is 19.5 Å². The van der Waals surface area contributed by atoms with E-state index < -0.39 is 29.0 Å². The van der Waals surface area contributed by atoms with Gasteiger partial charge in [-0.3, -0.25) is 4.79 Å². The predicted molar refractivity (Wildman–Crippen MR) is 133 cm³/mol. The Bertz CT molecular complexity index is 1060. The Morgan fingerprint density at radius 2 is 1.57 bits per heavy atom. The minimum absolute atomic E-state index is 0.0862. The highest BCUT2D eigenvalue weighted by Crippen LogP contribution is 2.44. The van der Waals surface area contributed by atoms with E-state index in [1.165, 1.54) is 0 Å². The van der Waals surface area contributed by atoms with Crippen molar-refractivity contribution >= 4 is 18.0 Å². The van der Waals surface area contributed by atoms with E-state index in [1.54, 1.807) is 6.92 Å². The first-order valence-corrected chi connectivity index (χ1v) is 12.5. The number of rotatable bonds is 8. The Kier molecular flexibility index (Phi) is 7.15.